The van der Waals surface area contributed by atoms with E-state index in [1.807, 2.05) is 30.3 Å². The molecule has 3 aromatic carbocycles. The van der Waals surface area contributed by atoms with Crippen molar-refractivity contribution in [3.8, 4) is 11.1 Å². The Morgan fingerprint density at radius 2 is 1.64 bits per heavy atom. The van der Waals surface area contributed by atoms with Gasteiger partial charge < -0.3 is 15.0 Å². The number of hydrogen-bond donors (Lipinski definition) is 2. The van der Waals surface area contributed by atoms with Gasteiger partial charge in [-0.3, -0.25) is 9.59 Å². The van der Waals surface area contributed by atoms with E-state index in [0.29, 0.717) is 21.5 Å². The van der Waals surface area contributed by atoms with E-state index >= 15 is 0 Å². The van der Waals surface area contributed by atoms with E-state index in [4.69, 9.17) is 27.9 Å². The zero-order chi connectivity index (χ0) is 23.5. The summed E-state index contributed by atoms with van der Waals surface area (Å²) in [6.45, 7) is -0.205. The highest BCUT2D eigenvalue weighted by atomic mass is 35.5. The van der Waals surface area contributed by atoms with E-state index in [2.05, 4.69) is 10.3 Å². The molecule has 2 N–H and O–H groups in total. The molecule has 4 rings (SSSR count). The molecule has 1 aromatic heterocycles. The van der Waals surface area contributed by atoms with Gasteiger partial charge in [0, 0.05) is 17.5 Å². The Labute approximate surface area is 199 Å². The molecule has 0 fully saturated rings. The van der Waals surface area contributed by atoms with Crippen molar-refractivity contribution in [3.05, 3.63) is 104 Å². The van der Waals surface area contributed by atoms with Crippen LogP contribution in [0.4, 0.5) is 0 Å². The summed E-state index contributed by atoms with van der Waals surface area (Å²) >= 11 is 12.6. The lowest BCUT2D eigenvalue weighted by Crippen LogP contribution is -2.29. The minimum atomic E-state index is -0.741. The van der Waals surface area contributed by atoms with Gasteiger partial charge in [-0.2, -0.15) is 0 Å². The lowest BCUT2D eigenvalue weighted by atomic mass is 9.99. The van der Waals surface area contributed by atoms with Crippen molar-refractivity contribution in [2.24, 2.45) is 0 Å². The third-order valence-corrected chi connectivity index (χ3v) is 5.87. The number of hydrogen-bond acceptors (Lipinski definition) is 4. The molecule has 0 bridgehead atoms. The second-order valence-electron chi connectivity index (χ2n) is 7.17. The molecule has 0 atom stereocenters. The molecule has 0 radical (unpaired) electrons. The van der Waals surface area contributed by atoms with Gasteiger partial charge in [0.05, 0.1) is 33.8 Å². The molecule has 1 heterocycles. The van der Waals surface area contributed by atoms with Crippen LogP contribution in [0.25, 0.3) is 22.0 Å². The lowest BCUT2D eigenvalue weighted by molar-refractivity contribution is 0.0592. The highest BCUT2D eigenvalue weighted by Gasteiger charge is 2.22. The SMILES string of the molecule is COC(=O)c1[nH]c2c(-c3ccccc3)c(Cl)ccc2c(=O)c1CNC(=O)c1ccccc1Cl. The fourth-order valence-electron chi connectivity index (χ4n) is 3.61. The maximum atomic E-state index is 13.4. The van der Waals surface area contributed by atoms with Crippen molar-refractivity contribution in [2.45, 2.75) is 6.54 Å². The first-order chi connectivity index (χ1) is 15.9. The highest BCUT2D eigenvalue weighted by Crippen LogP contribution is 2.33. The Bertz CT molecular complexity index is 1430. The number of carbonyl (C=O) groups excluding carboxylic acids is 2. The Morgan fingerprint density at radius 1 is 0.939 bits per heavy atom. The monoisotopic (exact) mass is 480 g/mol. The highest BCUT2D eigenvalue weighted by molar-refractivity contribution is 6.35. The van der Waals surface area contributed by atoms with Gasteiger partial charge in [-0.1, -0.05) is 65.7 Å². The molecule has 0 unspecified atom stereocenters. The maximum Gasteiger partial charge on any atom is 0.354 e. The zero-order valence-corrected chi connectivity index (χ0v) is 19.0. The van der Waals surface area contributed by atoms with Crippen LogP contribution >= 0.6 is 23.2 Å². The fraction of sp³-hybridized carbons (Fsp3) is 0.0800. The zero-order valence-electron chi connectivity index (χ0n) is 17.4. The molecule has 33 heavy (non-hydrogen) atoms. The average Bonchev–Trinajstić information content (AvgIpc) is 2.83. The molecule has 8 heteroatoms. The molecule has 166 valence electrons. The smallest absolute Gasteiger partial charge is 0.354 e. The summed E-state index contributed by atoms with van der Waals surface area (Å²) in [6.07, 6.45) is 0. The van der Waals surface area contributed by atoms with Crippen LogP contribution in [-0.4, -0.2) is 24.0 Å². The van der Waals surface area contributed by atoms with Crippen LogP contribution in [0.5, 0.6) is 0 Å². The number of pyridine rings is 1. The molecule has 1 amide bonds. The van der Waals surface area contributed by atoms with Gasteiger partial charge in [-0.25, -0.2) is 4.79 Å². The second-order valence-corrected chi connectivity index (χ2v) is 7.99. The van der Waals surface area contributed by atoms with Crippen molar-refractivity contribution in [2.75, 3.05) is 7.11 Å². The van der Waals surface area contributed by atoms with E-state index < -0.39 is 17.3 Å². The molecule has 0 spiro atoms. The van der Waals surface area contributed by atoms with Gasteiger partial charge in [-0.15, -0.1) is 0 Å². The van der Waals surface area contributed by atoms with E-state index in [0.717, 1.165) is 5.56 Å². The van der Waals surface area contributed by atoms with Crippen molar-refractivity contribution >= 4 is 46.0 Å². The Kier molecular flexibility index (Phi) is 6.49. The molecular formula is C25H18Cl2N2O4. The summed E-state index contributed by atoms with van der Waals surface area (Å²) < 4.78 is 4.89. The maximum absolute atomic E-state index is 13.4. The van der Waals surface area contributed by atoms with Gasteiger partial charge >= 0.3 is 5.97 Å². The number of ether oxygens (including phenoxy) is 1. The van der Waals surface area contributed by atoms with E-state index in [1.54, 1.807) is 36.4 Å². The minimum absolute atomic E-state index is 0.0612. The normalized spacial score (nSPS) is 10.8. The van der Waals surface area contributed by atoms with Crippen molar-refractivity contribution < 1.29 is 14.3 Å². The van der Waals surface area contributed by atoms with E-state index in [9.17, 15) is 14.4 Å². The number of fused-ring (bicyclic) bond motifs is 1. The summed E-state index contributed by atoms with van der Waals surface area (Å²) in [5.74, 6) is -1.22. The number of amides is 1. The molecule has 6 nitrogen and oxygen atoms in total. The summed E-state index contributed by atoms with van der Waals surface area (Å²) in [4.78, 5) is 41.6. The Morgan fingerprint density at radius 3 is 2.33 bits per heavy atom. The first-order valence-electron chi connectivity index (χ1n) is 9.96. The number of aromatic amines is 1. The summed E-state index contributed by atoms with van der Waals surface area (Å²) in [5, 5.41) is 3.68. The number of halogens is 2. The van der Waals surface area contributed by atoms with Crippen LogP contribution in [-0.2, 0) is 11.3 Å². The number of nitrogens with one attached hydrogen (secondary N) is 2. The topological polar surface area (TPSA) is 88.3 Å². The van der Waals surface area contributed by atoms with Crippen LogP contribution in [0.3, 0.4) is 0 Å². The molecule has 0 saturated carbocycles. The summed E-state index contributed by atoms with van der Waals surface area (Å²) in [5.41, 5.74) is 1.61. The predicted molar refractivity (Wildman–Crippen MR) is 129 cm³/mol. The van der Waals surface area contributed by atoms with Crippen LogP contribution in [0.2, 0.25) is 10.0 Å². The largest absolute Gasteiger partial charge is 0.464 e. The summed E-state index contributed by atoms with van der Waals surface area (Å²) in [6, 6.07) is 19.0. The molecule has 0 aliphatic rings. The van der Waals surface area contributed by atoms with Crippen LogP contribution in [0.1, 0.15) is 26.4 Å². The van der Waals surface area contributed by atoms with Crippen LogP contribution < -0.4 is 10.7 Å². The number of methoxy groups -OCH3 is 1. The van der Waals surface area contributed by atoms with Crippen molar-refractivity contribution in [1.82, 2.24) is 10.3 Å². The molecular weight excluding hydrogens is 463 g/mol. The third kappa shape index (κ3) is 4.35. The van der Waals surface area contributed by atoms with E-state index in [-0.39, 0.29) is 28.4 Å². The number of carbonyl (C=O) groups is 2. The van der Waals surface area contributed by atoms with Crippen LogP contribution in [0, 0.1) is 0 Å². The number of benzene rings is 3. The minimum Gasteiger partial charge on any atom is -0.464 e. The number of rotatable bonds is 5. The number of aromatic nitrogens is 1. The molecule has 0 aliphatic carbocycles. The predicted octanol–water partition coefficient (Wildman–Crippen LogP) is 5.22. The molecule has 4 aromatic rings. The second kappa shape index (κ2) is 9.48. The third-order valence-electron chi connectivity index (χ3n) is 5.22. The van der Waals surface area contributed by atoms with Crippen molar-refractivity contribution in [3.63, 3.8) is 0 Å². The first-order valence-corrected chi connectivity index (χ1v) is 10.7. The number of H-pyrrole nitrogens is 1. The summed E-state index contributed by atoms with van der Waals surface area (Å²) in [7, 11) is 1.22. The first kappa shape index (κ1) is 22.6. The average molecular weight is 481 g/mol. The lowest BCUT2D eigenvalue weighted by Gasteiger charge is -2.14. The number of esters is 1. The van der Waals surface area contributed by atoms with Gasteiger partial charge in [0.2, 0.25) is 0 Å². The molecule has 0 saturated heterocycles. The quantitative estimate of drug-likeness (QED) is 0.383. The molecule has 0 aliphatic heterocycles. The van der Waals surface area contributed by atoms with Gasteiger partial charge in [0.15, 0.2) is 5.43 Å². The van der Waals surface area contributed by atoms with Crippen molar-refractivity contribution in [1.29, 1.82) is 0 Å². The van der Waals surface area contributed by atoms with Gasteiger partial charge in [0.1, 0.15) is 5.69 Å². The van der Waals surface area contributed by atoms with Gasteiger partial charge in [-0.05, 0) is 29.8 Å². The standard InChI is InChI=1S/C25H18Cl2N2O4/c1-33-25(32)22-17(13-28-24(31)15-9-5-6-10-18(15)26)23(30)16-11-12-19(27)20(21(16)29-22)14-7-3-2-4-8-14/h2-12H,13H2,1H3,(H,28,31)(H,29,30). The van der Waals surface area contributed by atoms with Crippen LogP contribution in [0.15, 0.2) is 71.5 Å². The fourth-order valence-corrected chi connectivity index (χ4v) is 4.10. The van der Waals surface area contributed by atoms with E-state index in [1.165, 1.54) is 7.11 Å². The Hall–Kier alpha value is -3.61. The van der Waals surface area contributed by atoms with Gasteiger partial charge in [0.25, 0.3) is 5.91 Å². The Balaban J connectivity index is 1.85.